The fourth-order valence-electron chi connectivity index (χ4n) is 4.76. The summed E-state index contributed by atoms with van der Waals surface area (Å²) < 4.78 is 5.12. The number of nitrogens with one attached hydrogen (secondary N) is 2. The molecule has 4 N–H and O–H groups in total. The predicted molar refractivity (Wildman–Crippen MR) is 145 cm³/mol. The van der Waals surface area contributed by atoms with Gasteiger partial charge in [-0.2, -0.15) is 0 Å². The summed E-state index contributed by atoms with van der Waals surface area (Å²) in [7, 11) is 0. The van der Waals surface area contributed by atoms with Gasteiger partial charge in [0.2, 0.25) is 0 Å². The molecule has 0 aliphatic heterocycles. The summed E-state index contributed by atoms with van der Waals surface area (Å²) in [5.74, 6) is 0.521. The maximum atomic E-state index is 13.2. The third-order valence-corrected chi connectivity index (χ3v) is 8.02. The SMILES string of the molecule is CC(C)(C)[C@@H]1CCc2nc3sc(C(=O)N[C@H](CN)c4cccc(NC(=O)c5ccco5)n4)cc3cc2C1. The molecule has 0 saturated carbocycles. The maximum Gasteiger partial charge on any atom is 0.292 e. The van der Waals surface area contributed by atoms with Crippen molar-refractivity contribution in [3.63, 3.8) is 0 Å². The molecule has 4 heterocycles. The van der Waals surface area contributed by atoms with Crippen LogP contribution < -0.4 is 16.4 Å². The van der Waals surface area contributed by atoms with Gasteiger partial charge in [0.25, 0.3) is 11.8 Å². The molecule has 0 fully saturated rings. The molecular weight excluding hydrogens is 486 g/mol. The average Bonchev–Trinajstić information content (AvgIpc) is 3.55. The van der Waals surface area contributed by atoms with Crippen molar-refractivity contribution in [2.75, 3.05) is 11.9 Å². The molecule has 9 heteroatoms. The van der Waals surface area contributed by atoms with Crippen molar-refractivity contribution in [2.24, 2.45) is 17.1 Å². The minimum atomic E-state index is -0.521. The number of rotatable bonds is 6. The van der Waals surface area contributed by atoms with Crippen LogP contribution in [0.5, 0.6) is 0 Å². The Balaban J connectivity index is 1.31. The number of thiophene rings is 1. The van der Waals surface area contributed by atoms with E-state index in [9.17, 15) is 9.59 Å². The van der Waals surface area contributed by atoms with E-state index in [0.29, 0.717) is 22.3 Å². The summed E-state index contributed by atoms with van der Waals surface area (Å²) in [5.41, 5.74) is 9.26. The van der Waals surface area contributed by atoms with Gasteiger partial charge in [-0.15, -0.1) is 11.3 Å². The Hall–Kier alpha value is -3.56. The zero-order valence-electron chi connectivity index (χ0n) is 21.2. The highest BCUT2D eigenvalue weighted by atomic mass is 32.1. The van der Waals surface area contributed by atoms with Gasteiger partial charge in [-0.05, 0) is 72.6 Å². The van der Waals surface area contributed by atoms with Gasteiger partial charge in [0.1, 0.15) is 10.6 Å². The Bertz CT molecular complexity index is 1440. The van der Waals surface area contributed by atoms with Crippen LogP contribution in [-0.4, -0.2) is 28.3 Å². The molecule has 0 saturated heterocycles. The van der Waals surface area contributed by atoms with E-state index in [1.54, 1.807) is 30.3 Å². The number of amides is 2. The van der Waals surface area contributed by atoms with Crippen LogP contribution in [0.1, 0.15) is 70.4 Å². The first kappa shape index (κ1) is 25.1. The Labute approximate surface area is 219 Å². The molecule has 0 spiro atoms. The lowest BCUT2D eigenvalue weighted by atomic mass is 9.71. The summed E-state index contributed by atoms with van der Waals surface area (Å²) in [4.78, 5) is 36.3. The number of furan rings is 1. The molecule has 2 atom stereocenters. The van der Waals surface area contributed by atoms with Crippen LogP contribution in [0.3, 0.4) is 0 Å². The Kier molecular flexibility index (Phi) is 6.83. The van der Waals surface area contributed by atoms with Gasteiger partial charge in [0.05, 0.1) is 22.9 Å². The first-order valence-electron chi connectivity index (χ1n) is 12.5. The third kappa shape index (κ3) is 5.42. The van der Waals surface area contributed by atoms with Crippen molar-refractivity contribution in [3.05, 3.63) is 76.3 Å². The Morgan fingerprint density at radius 1 is 1.16 bits per heavy atom. The van der Waals surface area contributed by atoms with E-state index in [1.807, 2.05) is 6.07 Å². The largest absolute Gasteiger partial charge is 0.459 e. The molecule has 8 nitrogen and oxygen atoms in total. The van der Waals surface area contributed by atoms with Crippen molar-refractivity contribution in [1.82, 2.24) is 15.3 Å². The van der Waals surface area contributed by atoms with Crippen LogP contribution in [0, 0.1) is 11.3 Å². The topological polar surface area (TPSA) is 123 Å². The smallest absolute Gasteiger partial charge is 0.292 e. The molecule has 1 aliphatic carbocycles. The van der Waals surface area contributed by atoms with Crippen LogP contribution in [0.4, 0.5) is 5.82 Å². The second-order valence-corrected chi connectivity index (χ2v) is 11.6. The van der Waals surface area contributed by atoms with Crippen molar-refractivity contribution in [3.8, 4) is 0 Å². The number of aryl methyl sites for hydroxylation is 1. The molecule has 192 valence electrons. The molecule has 2 amide bonds. The minimum absolute atomic E-state index is 0.153. The lowest BCUT2D eigenvalue weighted by Gasteiger charge is -2.34. The van der Waals surface area contributed by atoms with E-state index >= 15 is 0 Å². The van der Waals surface area contributed by atoms with Gasteiger partial charge in [0.15, 0.2) is 5.76 Å². The van der Waals surface area contributed by atoms with Crippen molar-refractivity contribution in [2.45, 2.75) is 46.1 Å². The number of nitrogens with two attached hydrogens (primary N) is 1. The van der Waals surface area contributed by atoms with E-state index in [1.165, 1.54) is 23.2 Å². The van der Waals surface area contributed by atoms with Crippen molar-refractivity contribution >= 4 is 39.2 Å². The van der Waals surface area contributed by atoms with Crippen LogP contribution >= 0.6 is 11.3 Å². The molecule has 0 bridgehead atoms. The molecule has 4 aromatic heterocycles. The number of fused-ring (bicyclic) bond motifs is 2. The fourth-order valence-corrected chi connectivity index (χ4v) is 5.70. The lowest BCUT2D eigenvalue weighted by molar-refractivity contribution is 0.0939. The molecule has 37 heavy (non-hydrogen) atoms. The maximum absolute atomic E-state index is 13.2. The van der Waals surface area contributed by atoms with E-state index in [0.717, 1.165) is 35.2 Å². The predicted octanol–water partition coefficient (Wildman–Crippen LogP) is 5.12. The highest BCUT2D eigenvalue weighted by Gasteiger charge is 2.30. The van der Waals surface area contributed by atoms with E-state index in [4.69, 9.17) is 15.1 Å². The number of carbonyl (C=O) groups is 2. The van der Waals surface area contributed by atoms with Gasteiger partial charge in [-0.3, -0.25) is 9.59 Å². The standard InChI is InChI=1S/C28H31N5O3S/c1-28(2,3)18-9-10-19-16(13-18)12-17-14-23(37-27(17)32-19)26(35)31-21(15-29)20-6-4-8-24(30-20)33-25(34)22-7-5-11-36-22/h4-8,11-12,14,18,21H,9-10,13,15,29H2,1-3H3,(H,31,35)(H,30,33,34)/t18-,21-/m1/s1. The Morgan fingerprint density at radius 2 is 2.00 bits per heavy atom. The fraction of sp³-hybridized carbons (Fsp3) is 0.357. The minimum Gasteiger partial charge on any atom is -0.459 e. The summed E-state index contributed by atoms with van der Waals surface area (Å²) in [6, 6.07) is 12.0. The molecule has 4 aromatic rings. The monoisotopic (exact) mass is 517 g/mol. The summed E-state index contributed by atoms with van der Waals surface area (Å²) in [5, 5.41) is 6.69. The molecule has 0 radical (unpaired) electrons. The number of aromatic nitrogens is 2. The zero-order valence-corrected chi connectivity index (χ0v) is 22.0. The first-order valence-corrected chi connectivity index (χ1v) is 13.3. The molecular formula is C28H31N5O3S. The highest BCUT2D eigenvalue weighted by molar-refractivity contribution is 7.20. The number of anilines is 1. The van der Waals surface area contributed by atoms with Gasteiger partial charge in [-0.25, -0.2) is 9.97 Å². The lowest BCUT2D eigenvalue weighted by Crippen LogP contribution is -2.33. The average molecular weight is 518 g/mol. The quantitative estimate of drug-likeness (QED) is 0.326. The highest BCUT2D eigenvalue weighted by Crippen LogP contribution is 2.38. The second kappa shape index (κ2) is 10.1. The zero-order chi connectivity index (χ0) is 26.2. The second-order valence-electron chi connectivity index (χ2n) is 10.5. The van der Waals surface area contributed by atoms with Gasteiger partial charge >= 0.3 is 0 Å². The van der Waals surface area contributed by atoms with Crippen LogP contribution in [0.2, 0.25) is 0 Å². The van der Waals surface area contributed by atoms with E-state index in [-0.39, 0.29) is 23.6 Å². The Morgan fingerprint density at radius 3 is 2.73 bits per heavy atom. The summed E-state index contributed by atoms with van der Waals surface area (Å²) >= 11 is 1.39. The first-order chi connectivity index (χ1) is 17.7. The van der Waals surface area contributed by atoms with Crippen molar-refractivity contribution < 1.29 is 14.0 Å². The normalized spacial score (nSPS) is 16.3. The van der Waals surface area contributed by atoms with E-state index < -0.39 is 11.9 Å². The summed E-state index contributed by atoms with van der Waals surface area (Å²) in [6.07, 6.45) is 4.56. The van der Waals surface area contributed by atoms with Crippen LogP contribution in [0.25, 0.3) is 10.2 Å². The molecule has 0 aromatic carbocycles. The van der Waals surface area contributed by atoms with Gasteiger partial charge in [0, 0.05) is 17.6 Å². The van der Waals surface area contributed by atoms with Crippen molar-refractivity contribution in [1.29, 1.82) is 0 Å². The number of hydrogen-bond acceptors (Lipinski definition) is 7. The van der Waals surface area contributed by atoms with Crippen LogP contribution in [-0.2, 0) is 12.8 Å². The van der Waals surface area contributed by atoms with E-state index in [2.05, 4.69) is 42.5 Å². The number of hydrogen-bond donors (Lipinski definition) is 3. The number of carbonyl (C=O) groups excluding carboxylic acids is 2. The number of nitrogens with zero attached hydrogens (tertiary/aromatic N) is 2. The van der Waals surface area contributed by atoms with Gasteiger partial charge < -0.3 is 20.8 Å². The van der Waals surface area contributed by atoms with Gasteiger partial charge in [-0.1, -0.05) is 26.8 Å². The third-order valence-electron chi connectivity index (χ3n) is 6.98. The molecule has 1 aliphatic rings. The summed E-state index contributed by atoms with van der Waals surface area (Å²) in [6.45, 7) is 7.05. The van der Waals surface area contributed by atoms with Crippen LogP contribution in [0.15, 0.2) is 53.1 Å². The molecule has 5 rings (SSSR count). The number of pyridine rings is 2. The molecule has 0 unspecified atom stereocenters.